The van der Waals surface area contributed by atoms with E-state index in [9.17, 15) is 22.4 Å². The van der Waals surface area contributed by atoms with Crippen molar-refractivity contribution in [2.75, 3.05) is 0 Å². The Morgan fingerprint density at radius 3 is 2.50 bits per heavy atom. The molecule has 0 aromatic carbocycles. The van der Waals surface area contributed by atoms with Crippen LogP contribution in [0.5, 0.6) is 11.5 Å². The van der Waals surface area contributed by atoms with Crippen LogP contribution in [0.4, 0.5) is 22.4 Å². The summed E-state index contributed by atoms with van der Waals surface area (Å²) >= 11 is 0. The zero-order valence-corrected chi connectivity index (χ0v) is 7.42. The third-order valence-corrected chi connectivity index (χ3v) is 1.23. The lowest BCUT2D eigenvalue weighted by Crippen LogP contribution is -2.21. The summed E-state index contributed by atoms with van der Waals surface area (Å²) in [6.45, 7) is 0. The van der Waals surface area contributed by atoms with Crippen molar-refractivity contribution in [1.82, 2.24) is 4.98 Å². The van der Waals surface area contributed by atoms with E-state index in [1.807, 2.05) is 0 Å². The number of pyridine rings is 1. The van der Waals surface area contributed by atoms with Crippen LogP contribution >= 0.6 is 0 Å². The Bertz CT molecular complexity index is 407. The molecule has 0 saturated heterocycles. The highest BCUT2D eigenvalue weighted by atomic mass is 19.4. The van der Waals surface area contributed by atoms with Gasteiger partial charge in [-0.25, -0.2) is 9.78 Å². The van der Waals surface area contributed by atoms with Gasteiger partial charge in [-0.3, -0.25) is 0 Å². The number of carbonyl (C=O) groups is 1. The van der Waals surface area contributed by atoms with Crippen LogP contribution in [0.25, 0.3) is 0 Å². The average Bonchev–Trinajstić information content (AvgIpc) is 2.06. The zero-order valence-electron chi connectivity index (χ0n) is 7.42. The first kappa shape index (κ1) is 12.0. The molecule has 0 bridgehead atoms. The number of primary amides is 1. The first-order chi connectivity index (χ1) is 7.28. The predicted molar refractivity (Wildman–Crippen MR) is 41.1 cm³/mol. The van der Waals surface area contributed by atoms with Crippen molar-refractivity contribution in [1.29, 1.82) is 0 Å². The van der Waals surface area contributed by atoms with E-state index in [-0.39, 0.29) is 0 Å². The van der Waals surface area contributed by atoms with Gasteiger partial charge < -0.3 is 15.2 Å². The summed E-state index contributed by atoms with van der Waals surface area (Å²) < 4.78 is 55.6. The molecule has 0 saturated carbocycles. The van der Waals surface area contributed by atoms with Crippen LogP contribution in [0.1, 0.15) is 0 Å². The fourth-order valence-corrected chi connectivity index (χ4v) is 0.790. The van der Waals surface area contributed by atoms with Gasteiger partial charge in [-0.2, -0.15) is 4.39 Å². The lowest BCUT2D eigenvalue weighted by atomic mass is 10.4. The molecule has 1 aromatic heterocycles. The van der Waals surface area contributed by atoms with Gasteiger partial charge in [0.05, 0.1) is 6.20 Å². The highest BCUT2D eigenvalue weighted by Gasteiger charge is 2.33. The number of aromatic nitrogens is 1. The largest absolute Gasteiger partial charge is 0.573 e. The third kappa shape index (κ3) is 3.59. The van der Waals surface area contributed by atoms with Gasteiger partial charge in [0, 0.05) is 6.07 Å². The molecule has 1 rings (SSSR count). The van der Waals surface area contributed by atoms with Crippen molar-refractivity contribution in [3.63, 3.8) is 0 Å². The minimum absolute atomic E-state index is 0.311. The van der Waals surface area contributed by atoms with Gasteiger partial charge in [-0.05, 0) is 0 Å². The molecule has 1 heterocycles. The summed E-state index contributed by atoms with van der Waals surface area (Å²) in [7, 11) is 0. The number of alkyl halides is 3. The maximum absolute atomic E-state index is 12.5. The van der Waals surface area contributed by atoms with E-state index >= 15 is 0 Å². The van der Waals surface area contributed by atoms with Crippen molar-refractivity contribution in [2.24, 2.45) is 5.73 Å². The number of hydrogen-bond donors (Lipinski definition) is 1. The average molecular weight is 240 g/mol. The molecule has 88 valence electrons. The molecule has 0 radical (unpaired) electrons. The second-order valence-electron chi connectivity index (χ2n) is 2.42. The second-order valence-corrected chi connectivity index (χ2v) is 2.42. The summed E-state index contributed by atoms with van der Waals surface area (Å²) in [5.74, 6) is -3.00. The van der Waals surface area contributed by atoms with Crippen molar-refractivity contribution in [3.8, 4) is 11.5 Å². The van der Waals surface area contributed by atoms with E-state index in [2.05, 4.69) is 20.2 Å². The molecule has 0 atom stereocenters. The molecule has 16 heavy (non-hydrogen) atoms. The number of hydrogen-bond acceptors (Lipinski definition) is 4. The van der Waals surface area contributed by atoms with E-state index in [0.717, 1.165) is 0 Å². The van der Waals surface area contributed by atoms with Crippen LogP contribution in [0, 0.1) is 5.95 Å². The van der Waals surface area contributed by atoms with Crippen LogP contribution in [0.2, 0.25) is 0 Å². The molecule has 0 aliphatic carbocycles. The number of rotatable bonds is 2. The van der Waals surface area contributed by atoms with Crippen molar-refractivity contribution in [2.45, 2.75) is 6.36 Å². The Morgan fingerprint density at radius 2 is 2.00 bits per heavy atom. The summed E-state index contributed by atoms with van der Waals surface area (Å²) in [6.07, 6.45) is -5.88. The zero-order chi connectivity index (χ0) is 12.3. The maximum Gasteiger partial charge on any atom is 0.573 e. The molecule has 1 amide bonds. The Hall–Kier alpha value is -2.06. The molecule has 0 spiro atoms. The fourth-order valence-electron chi connectivity index (χ4n) is 0.790. The first-order valence-electron chi connectivity index (χ1n) is 3.66. The monoisotopic (exact) mass is 240 g/mol. The topological polar surface area (TPSA) is 74.4 Å². The van der Waals surface area contributed by atoms with Gasteiger partial charge in [0.1, 0.15) is 0 Å². The molecule has 2 N–H and O–H groups in total. The molecule has 0 aliphatic rings. The lowest BCUT2D eigenvalue weighted by Gasteiger charge is -2.11. The van der Waals surface area contributed by atoms with Crippen LogP contribution in [-0.2, 0) is 0 Å². The molecule has 0 fully saturated rings. The Morgan fingerprint density at radius 1 is 1.38 bits per heavy atom. The first-order valence-corrected chi connectivity index (χ1v) is 3.66. The van der Waals surface area contributed by atoms with Gasteiger partial charge in [0.15, 0.2) is 11.5 Å². The Balaban J connectivity index is 3.03. The highest BCUT2D eigenvalue weighted by Crippen LogP contribution is 2.31. The minimum atomic E-state index is -5.05. The lowest BCUT2D eigenvalue weighted by molar-refractivity contribution is -0.275. The summed E-state index contributed by atoms with van der Waals surface area (Å²) in [6, 6.07) is 0.311. The van der Waals surface area contributed by atoms with Gasteiger partial charge in [0.25, 0.3) is 0 Å². The second kappa shape index (κ2) is 4.21. The van der Waals surface area contributed by atoms with E-state index in [1.54, 1.807) is 0 Å². The Labute approximate surface area is 85.8 Å². The summed E-state index contributed by atoms with van der Waals surface area (Å²) in [5.41, 5.74) is 4.58. The number of amides is 1. The van der Waals surface area contributed by atoms with Crippen molar-refractivity contribution < 1.29 is 31.8 Å². The minimum Gasteiger partial charge on any atom is -0.405 e. The van der Waals surface area contributed by atoms with E-state index < -0.39 is 29.9 Å². The van der Waals surface area contributed by atoms with E-state index in [1.165, 1.54) is 0 Å². The molecule has 1 aromatic rings. The number of nitrogens with zero attached hydrogens (tertiary/aromatic N) is 1. The van der Waals surface area contributed by atoms with E-state index in [4.69, 9.17) is 0 Å². The summed E-state index contributed by atoms with van der Waals surface area (Å²) in [4.78, 5) is 13.3. The fraction of sp³-hybridized carbons (Fsp3) is 0.143. The Kier molecular flexibility index (Phi) is 3.16. The number of nitrogens with two attached hydrogens (primary N) is 1. The molecule has 0 aliphatic heterocycles. The van der Waals surface area contributed by atoms with Crippen molar-refractivity contribution in [3.05, 3.63) is 18.2 Å². The van der Waals surface area contributed by atoms with Gasteiger partial charge in [0.2, 0.25) is 5.95 Å². The normalized spacial score (nSPS) is 11.0. The van der Waals surface area contributed by atoms with Crippen LogP contribution in [0.3, 0.4) is 0 Å². The smallest absolute Gasteiger partial charge is 0.405 e. The highest BCUT2D eigenvalue weighted by molar-refractivity contribution is 5.69. The quantitative estimate of drug-likeness (QED) is 0.629. The number of halogens is 4. The van der Waals surface area contributed by atoms with Gasteiger partial charge in [-0.1, -0.05) is 0 Å². The standard InChI is InChI=1S/C7H4F4N2O3/c8-5-1-3(16-7(9,10)11)4(2-13-5)15-6(12)14/h1-2H,(H2,12,14). The number of carbonyl (C=O) groups excluding carboxylic acids is 1. The van der Waals surface area contributed by atoms with E-state index in [0.29, 0.717) is 12.3 Å². The molecular formula is C7H4F4N2O3. The van der Waals surface area contributed by atoms with Crippen LogP contribution in [-0.4, -0.2) is 17.4 Å². The SMILES string of the molecule is NC(=O)Oc1cnc(F)cc1OC(F)(F)F. The molecule has 0 unspecified atom stereocenters. The van der Waals surface area contributed by atoms with Crippen LogP contribution < -0.4 is 15.2 Å². The number of ether oxygens (including phenoxy) is 2. The molecule has 9 heteroatoms. The van der Waals surface area contributed by atoms with Crippen LogP contribution in [0.15, 0.2) is 12.3 Å². The van der Waals surface area contributed by atoms with Gasteiger partial charge in [-0.15, -0.1) is 13.2 Å². The third-order valence-electron chi connectivity index (χ3n) is 1.23. The maximum atomic E-state index is 12.5. The molecular weight excluding hydrogens is 236 g/mol. The predicted octanol–water partition coefficient (Wildman–Crippen LogP) is 1.58. The van der Waals surface area contributed by atoms with Crippen molar-refractivity contribution >= 4 is 6.09 Å². The van der Waals surface area contributed by atoms with Gasteiger partial charge >= 0.3 is 12.5 Å². The summed E-state index contributed by atoms with van der Waals surface area (Å²) in [5, 5.41) is 0. The molecule has 5 nitrogen and oxygen atoms in total.